The zero-order valence-corrected chi connectivity index (χ0v) is 15.8. The van der Waals surface area contributed by atoms with Crippen molar-refractivity contribution in [1.82, 2.24) is 4.98 Å². The van der Waals surface area contributed by atoms with Crippen molar-refractivity contribution in [2.24, 2.45) is 0 Å². The number of hydrogen-bond donors (Lipinski definition) is 1. The SMILES string of the molecule is CCS(=O)(=O)c1cccc(C(=O)Nc2nc3c(C)cc(C)cc3s2)c1. The molecule has 2 aromatic carbocycles. The van der Waals surface area contributed by atoms with Gasteiger partial charge in [0.2, 0.25) is 0 Å². The molecule has 1 aromatic heterocycles. The van der Waals surface area contributed by atoms with Crippen LogP contribution in [-0.2, 0) is 9.84 Å². The fourth-order valence-corrected chi connectivity index (χ4v) is 4.55. The normalized spacial score (nSPS) is 11.6. The zero-order valence-electron chi connectivity index (χ0n) is 14.2. The van der Waals surface area contributed by atoms with Gasteiger partial charge in [0.05, 0.1) is 20.9 Å². The lowest BCUT2D eigenvalue weighted by molar-refractivity contribution is 0.102. The van der Waals surface area contributed by atoms with E-state index >= 15 is 0 Å². The van der Waals surface area contributed by atoms with E-state index in [-0.39, 0.29) is 16.6 Å². The van der Waals surface area contributed by atoms with Crippen LogP contribution >= 0.6 is 11.3 Å². The lowest BCUT2D eigenvalue weighted by Gasteiger charge is -2.05. The smallest absolute Gasteiger partial charge is 0.257 e. The molecule has 0 spiro atoms. The minimum absolute atomic E-state index is 0.00539. The number of aromatic nitrogens is 1. The summed E-state index contributed by atoms with van der Waals surface area (Å²) in [6.45, 7) is 5.58. The maximum absolute atomic E-state index is 12.5. The van der Waals surface area contributed by atoms with E-state index in [1.54, 1.807) is 19.1 Å². The van der Waals surface area contributed by atoms with Crippen molar-refractivity contribution in [1.29, 1.82) is 0 Å². The van der Waals surface area contributed by atoms with Gasteiger partial charge in [0.25, 0.3) is 5.91 Å². The van der Waals surface area contributed by atoms with E-state index in [2.05, 4.69) is 10.3 Å². The van der Waals surface area contributed by atoms with Crippen LogP contribution in [-0.4, -0.2) is 25.1 Å². The molecule has 0 unspecified atom stereocenters. The second kappa shape index (κ2) is 6.57. The Labute approximate surface area is 150 Å². The first-order valence-electron chi connectivity index (χ1n) is 7.82. The van der Waals surface area contributed by atoms with Crippen LogP contribution < -0.4 is 5.32 Å². The van der Waals surface area contributed by atoms with E-state index < -0.39 is 9.84 Å². The molecule has 3 aromatic rings. The van der Waals surface area contributed by atoms with Crippen molar-refractivity contribution in [2.75, 3.05) is 11.1 Å². The minimum Gasteiger partial charge on any atom is -0.298 e. The summed E-state index contributed by atoms with van der Waals surface area (Å²) in [6, 6.07) is 10.1. The van der Waals surface area contributed by atoms with E-state index in [9.17, 15) is 13.2 Å². The first-order chi connectivity index (χ1) is 11.8. The Hall–Kier alpha value is -2.25. The van der Waals surface area contributed by atoms with Crippen LogP contribution in [0.1, 0.15) is 28.4 Å². The molecule has 1 N–H and O–H groups in total. The summed E-state index contributed by atoms with van der Waals surface area (Å²) >= 11 is 1.40. The van der Waals surface area contributed by atoms with E-state index in [1.807, 2.05) is 26.0 Å². The van der Waals surface area contributed by atoms with E-state index in [1.165, 1.54) is 23.5 Å². The van der Waals surface area contributed by atoms with Crippen LogP contribution in [0.25, 0.3) is 10.2 Å². The Kier molecular flexibility index (Phi) is 4.62. The minimum atomic E-state index is -3.35. The third kappa shape index (κ3) is 3.57. The van der Waals surface area contributed by atoms with Gasteiger partial charge in [-0.05, 0) is 49.2 Å². The first-order valence-corrected chi connectivity index (χ1v) is 10.3. The molecule has 1 amide bonds. The van der Waals surface area contributed by atoms with E-state index in [4.69, 9.17) is 0 Å². The molecule has 3 rings (SSSR count). The molecule has 25 heavy (non-hydrogen) atoms. The van der Waals surface area contributed by atoms with Gasteiger partial charge in [0.15, 0.2) is 15.0 Å². The Bertz CT molecular complexity index is 1070. The number of benzene rings is 2. The van der Waals surface area contributed by atoms with Crippen molar-refractivity contribution in [3.05, 3.63) is 53.1 Å². The number of amides is 1. The number of nitrogens with zero attached hydrogens (tertiary/aromatic N) is 1. The Morgan fingerprint density at radius 2 is 1.96 bits per heavy atom. The van der Waals surface area contributed by atoms with Gasteiger partial charge >= 0.3 is 0 Å². The summed E-state index contributed by atoms with van der Waals surface area (Å²) in [6.07, 6.45) is 0. The molecule has 7 heteroatoms. The quantitative estimate of drug-likeness (QED) is 0.750. The molecule has 0 bridgehead atoms. The van der Waals surface area contributed by atoms with Gasteiger partial charge in [-0.1, -0.05) is 30.4 Å². The summed E-state index contributed by atoms with van der Waals surface area (Å²) in [5.41, 5.74) is 3.36. The number of nitrogens with one attached hydrogen (secondary N) is 1. The summed E-state index contributed by atoms with van der Waals surface area (Å²) in [4.78, 5) is 17.1. The number of carbonyl (C=O) groups excluding carboxylic acids is 1. The van der Waals surface area contributed by atoms with Crippen LogP contribution in [0, 0.1) is 13.8 Å². The van der Waals surface area contributed by atoms with Gasteiger partial charge in [-0.2, -0.15) is 0 Å². The Morgan fingerprint density at radius 1 is 1.20 bits per heavy atom. The summed E-state index contributed by atoms with van der Waals surface area (Å²) in [7, 11) is -3.35. The average Bonchev–Trinajstić information content (AvgIpc) is 2.97. The number of sulfone groups is 1. The molecule has 0 radical (unpaired) electrons. The van der Waals surface area contributed by atoms with Gasteiger partial charge in [0.1, 0.15) is 0 Å². The van der Waals surface area contributed by atoms with E-state index in [0.717, 1.165) is 21.3 Å². The van der Waals surface area contributed by atoms with Crippen molar-refractivity contribution >= 4 is 42.4 Å². The Balaban J connectivity index is 1.90. The predicted octanol–water partition coefficient (Wildman–Crippen LogP) is 3.96. The number of rotatable bonds is 4. The highest BCUT2D eigenvalue weighted by molar-refractivity contribution is 7.91. The number of thiazole rings is 1. The largest absolute Gasteiger partial charge is 0.298 e. The molecule has 130 valence electrons. The molecule has 1 heterocycles. The molecule has 0 fully saturated rings. The van der Waals surface area contributed by atoms with Crippen molar-refractivity contribution < 1.29 is 13.2 Å². The number of fused-ring (bicyclic) bond motifs is 1. The third-order valence-electron chi connectivity index (χ3n) is 3.89. The molecule has 0 aliphatic carbocycles. The maximum atomic E-state index is 12.5. The fraction of sp³-hybridized carbons (Fsp3) is 0.222. The number of anilines is 1. The number of hydrogen-bond acceptors (Lipinski definition) is 5. The second-order valence-electron chi connectivity index (χ2n) is 5.83. The molecule has 5 nitrogen and oxygen atoms in total. The molecule has 0 aliphatic heterocycles. The van der Waals surface area contributed by atoms with Crippen LogP contribution in [0.4, 0.5) is 5.13 Å². The van der Waals surface area contributed by atoms with Crippen LogP contribution in [0.3, 0.4) is 0 Å². The first kappa shape index (κ1) is 17.6. The molecule has 0 saturated carbocycles. The third-order valence-corrected chi connectivity index (χ3v) is 6.54. The van der Waals surface area contributed by atoms with Crippen LogP contribution in [0.2, 0.25) is 0 Å². The summed E-state index contributed by atoms with van der Waals surface area (Å²) in [5, 5.41) is 3.26. The maximum Gasteiger partial charge on any atom is 0.257 e. The van der Waals surface area contributed by atoms with Gasteiger partial charge < -0.3 is 0 Å². The van der Waals surface area contributed by atoms with Gasteiger partial charge in [-0.15, -0.1) is 0 Å². The highest BCUT2D eigenvalue weighted by atomic mass is 32.2. The summed E-state index contributed by atoms with van der Waals surface area (Å²) in [5.74, 6) is -0.379. The van der Waals surface area contributed by atoms with Crippen LogP contribution in [0.15, 0.2) is 41.3 Å². The summed E-state index contributed by atoms with van der Waals surface area (Å²) < 4.78 is 25.0. The van der Waals surface area contributed by atoms with Crippen LogP contribution in [0.5, 0.6) is 0 Å². The number of carbonyl (C=O) groups is 1. The van der Waals surface area contributed by atoms with E-state index in [0.29, 0.717) is 10.7 Å². The van der Waals surface area contributed by atoms with Crippen molar-refractivity contribution in [3.63, 3.8) is 0 Å². The standard InChI is InChI=1S/C18H18N2O3S2/c1-4-25(22,23)14-7-5-6-13(10-14)17(21)20-18-19-16-12(3)8-11(2)9-15(16)24-18/h5-10H,4H2,1-3H3,(H,19,20,21). The highest BCUT2D eigenvalue weighted by Gasteiger charge is 2.16. The van der Waals surface area contributed by atoms with Crippen molar-refractivity contribution in [2.45, 2.75) is 25.7 Å². The zero-order chi connectivity index (χ0) is 18.2. The molecule has 0 aliphatic rings. The van der Waals surface area contributed by atoms with Gasteiger partial charge in [-0.3, -0.25) is 10.1 Å². The predicted molar refractivity (Wildman–Crippen MR) is 101 cm³/mol. The molecular weight excluding hydrogens is 356 g/mol. The van der Waals surface area contributed by atoms with Gasteiger partial charge in [0, 0.05) is 5.56 Å². The molecular formula is C18H18N2O3S2. The average molecular weight is 374 g/mol. The molecule has 0 saturated heterocycles. The fourth-order valence-electron chi connectivity index (χ4n) is 2.59. The molecule has 0 atom stereocenters. The van der Waals surface area contributed by atoms with Crippen molar-refractivity contribution in [3.8, 4) is 0 Å². The topological polar surface area (TPSA) is 76.1 Å². The van der Waals surface area contributed by atoms with Gasteiger partial charge in [-0.25, -0.2) is 13.4 Å². The second-order valence-corrected chi connectivity index (χ2v) is 9.14. The highest BCUT2D eigenvalue weighted by Crippen LogP contribution is 2.29. The monoisotopic (exact) mass is 374 g/mol. The Morgan fingerprint density at radius 3 is 2.68 bits per heavy atom. The number of aryl methyl sites for hydroxylation is 2. The lowest BCUT2D eigenvalue weighted by Crippen LogP contribution is -2.13. The lowest BCUT2D eigenvalue weighted by atomic mass is 10.1.